The quantitative estimate of drug-likeness (QED) is 0.721. The minimum Gasteiger partial charge on any atom is -0.207 e. The summed E-state index contributed by atoms with van der Waals surface area (Å²) in [6.45, 7) is 0.957. The summed E-state index contributed by atoms with van der Waals surface area (Å²) in [7, 11) is -3.54. The van der Waals surface area contributed by atoms with Crippen molar-refractivity contribution in [3.8, 4) is 0 Å². The third-order valence-corrected chi connectivity index (χ3v) is 7.08. The number of hydrogen-bond donors (Lipinski definition) is 0. The molecule has 0 amide bonds. The van der Waals surface area contributed by atoms with Crippen molar-refractivity contribution in [3.63, 3.8) is 0 Å². The lowest BCUT2D eigenvalue weighted by atomic mass is 10.1. The van der Waals surface area contributed by atoms with Crippen molar-refractivity contribution in [2.24, 2.45) is 0 Å². The van der Waals surface area contributed by atoms with Gasteiger partial charge in [0.2, 0.25) is 10.0 Å². The molecular formula is C13H11N3O2S3. The van der Waals surface area contributed by atoms with Crippen LogP contribution in [-0.2, 0) is 23.0 Å². The van der Waals surface area contributed by atoms with Crippen LogP contribution in [0.3, 0.4) is 0 Å². The van der Waals surface area contributed by atoms with Gasteiger partial charge in [-0.05, 0) is 35.6 Å². The first kappa shape index (κ1) is 13.3. The lowest BCUT2D eigenvalue weighted by molar-refractivity contribution is 0.394. The average Bonchev–Trinajstić information content (AvgIpc) is 3.14. The van der Waals surface area contributed by atoms with Crippen molar-refractivity contribution in [1.29, 1.82) is 0 Å². The predicted octanol–water partition coefficient (Wildman–Crippen LogP) is 2.50. The van der Waals surface area contributed by atoms with Crippen LogP contribution < -0.4 is 0 Å². The Morgan fingerprint density at radius 3 is 3.00 bits per heavy atom. The third kappa shape index (κ3) is 2.10. The van der Waals surface area contributed by atoms with E-state index in [1.54, 1.807) is 29.5 Å². The molecule has 2 aromatic heterocycles. The minimum absolute atomic E-state index is 0.257. The molecule has 0 N–H and O–H groups in total. The third-order valence-electron chi connectivity index (χ3n) is 3.64. The molecule has 21 heavy (non-hydrogen) atoms. The van der Waals surface area contributed by atoms with Gasteiger partial charge in [-0.2, -0.15) is 13.1 Å². The van der Waals surface area contributed by atoms with E-state index in [2.05, 4.69) is 8.75 Å². The molecule has 0 aliphatic carbocycles. The molecule has 3 aromatic rings. The Kier molecular flexibility index (Phi) is 3.07. The number of benzene rings is 1. The molecule has 0 fully saturated rings. The molecular weight excluding hydrogens is 326 g/mol. The maximum Gasteiger partial charge on any atom is 0.245 e. The Hall–Kier alpha value is -1.35. The van der Waals surface area contributed by atoms with Crippen LogP contribution in [0.4, 0.5) is 0 Å². The molecule has 108 valence electrons. The smallest absolute Gasteiger partial charge is 0.207 e. The molecule has 0 radical (unpaired) electrons. The molecule has 0 unspecified atom stereocenters. The van der Waals surface area contributed by atoms with Crippen LogP contribution in [0.15, 0.2) is 34.5 Å². The second-order valence-corrected chi connectivity index (χ2v) is 8.28. The molecule has 0 saturated carbocycles. The topological polar surface area (TPSA) is 63.2 Å². The SMILES string of the molecule is O=S(=O)(c1cccc2nsnc12)N1CCc2sccc2C1. The lowest BCUT2D eigenvalue weighted by Crippen LogP contribution is -2.35. The summed E-state index contributed by atoms with van der Waals surface area (Å²) in [5.41, 5.74) is 2.21. The number of fused-ring (bicyclic) bond motifs is 2. The average molecular weight is 337 g/mol. The van der Waals surface area contributed by atoms with Crippen molar-refractivity contribution in [3.05, 3.63) is 40.1 Å². The van der Waals surface area contributed by atoms with Gasteiger partial charge in [-0.25, -0.2) is 8.42 Å². The molecule has 1 aromatic carbocycles. The first-order valence-electron chi connectivity index (χ1n) is 6.43. The molecule has 1 aliphatic rings. The van der Waals surface area contributed by atoms with E-state index in [4.69, 9.17) is 0 Å². The zero-order chi connectivity index (χ0) is 14.4. The Bertz CT molecular complexity index is 914. The van der Waals surface area contributed by atoms with Crippen LogP contribution in [0.1, 0.15) is 10.4 Å². The van der Waals surface area contributed by atoms with E-state index < -0.39 is 10.0 Å². The number of hydrogen-bond acceptors (Lipinski definition) is 6. The normalized spacial score (nSPS) is 16.2. The van der Waals surface area contributed by atoms with Gasteiger partial charge in [-0.1, -0.05) is 6.07 Å². The van der Waals surface area contributed by atoms with Gasteiger partial charge in [0, 0.05) is 18.0 Å². The molecule has 8 heteroatoms. The van der Waals surface area contributed by atoms with Gasteiger partial charge in [0.25, 0.3) is 0 Å². The maximum atomic E-state index is 12.9. The van der Waals surface area contributed by atoms with Crippen molar-refractivity contribution in [2.75, 3.05) is 6.54 Å². The molecule has 0 bridgehead atoms. The number of aromatic nitrogens is 2. The first-order chi connectivity index (χ1) is 10.2. The Morgan fingerprint density at radius 2 is 2.10 bits per heavy atom. The summed E-state index contributed by atoms with van der Waals surface area (Å²) in [5.74, 6) is 0. The zero-order valence-corrected chi connectivity index (χ0v) is 13.3. The summed E-state index contributed by atoms with van der Waals surface area (Å²) in [6.07, 6.45) is 0.775. The molecule has 0 saturated heterocycles. The highest BCUT2D eigenvalue weighted by Gasteiger charge is 2.30. The Labute approximate surface area is 130 Å². The van der Waals surface area contributed by atoms with Gasteiger partial charge in [0.15, 0.2) is 0 Å². The van der Waals surface area contributed by atoms with E-state index in [0.29, 0.717) is 24.1 Å². The minimum atomic E-state index is -3.54. The molecule has 3 heterocycles. The summed E-state index contributed by atoms with van der Waals surface area (Å²) in [6, 6.07) is 7.12. The van der Waals surface area contributed by atoms with Crippen molar-refractivity contribution >= 4 is 44.1 Å². The van der Waals surface area contributed by atoms with Crippen molar-refractivity contribution in [2.45, 2.75) is 17.9 Å². The van der Waals surface area contributed by atoms with Gasteiger partial charge >= 0.3 is 0 Å². The van der Waals surface area contributed by atoms with Crippen LogP contribution in [0.5, 0.6) is 0 Å². The number of thiophene rings is 1. The van der Waals surface area contributed by atoms with Gasteiger partial charge in [0.1, 0.15) is 15.9 Å². The second-order valence-electron chi connectivity index (χ2n) is 4.85. The van der Waals surface area contributed by atoms with Crippen LogP contribution in [0.2, 0.25) is 0 Å². The van der Waals surface area contributed by atoms with E-state index >= 15 is 0 Å². The van der Waals surface area contributed by atoms with Crippen LogP contribution >= 0.6 is 23.1 Å². The van der Waals surface area contributed by atoms with Gasteiger partial charge in [0.05, 0.1) is 11.7 Å². The molecule has 4 rings (SSSR count). The fraction of sp³-hybridized carbons (Fsp3) is 0.231. The summed E-state index contributed by atoms with van der Waals surface area (Å²) < 4.78 is 35.6. The number of rotatable bonds is 2. The summed E-state index contributed by atoms with van der Waals surface area (Å²) in [4.78, 5) is 1.54. The number of nitrogens with zero attached hydrogens (tertiary/aromatic N) is 3. The van der Waals surface area contributed by atoms with Gasteiger partial charge in [-0.15, -0.1) is 11.3 Å². The number of sulfonamides is 1. The fourth-order valence-corrected chi connectivity index (χ4v) is 5.62. The highest BCUT2D eigenvalue weighted by molar-refractivity contribution is 7.89. The van der Waals surface area contributed by atoms with Crippen molar-refractivity contribution < 1.29 is 8.42 Å². The van der Waals surface area contributed by atoms with Crippen molar-refractivity contribution in [1.82, 2.24) is 13.1 Å². The van der Waals surface area contributed by atoms with E-state index in [0.717, 1.165) is 23.7 Å². The monoisotopic (exact) mass is 337 g/mol. The van der Waals surface area contributed by atoms with E-state index in [-0.39, 0.29) is 4.90 Å². The zero-order valence-electron chi connectivity index (χ0n) is 10.9. The predicted molar refractivity (Wildman–Crippen MR) is 83.0 cm³/mol. The molecule has 1 aliphatic heterocycles. The largest absolute Gasteiger partial charge is 0.245 e. The first-order valence-corrected chi connectivity index (χ1v) is 9.48. The Balaban J connectivity index is 1.79. The van der Waals surface area contributed by atoms with E-state index in [9.17, 15) is 8.42 Å². The molecule has 0 atom stereocenters. The maximum absolute atomic E-state index is 12.9. The fourth-order valence-electron chi connectivity index (χ4n) is 2.56. The summed E-state index contributed by atoms with van der Waals surface area (Å²) in [5, 5.41) is 2.02. The van der Waals surface area contributed by atoms with E-state index in [1.807, 2.05) is 11.4 Å². The van der Waals surface area contributed by atoms with Gasteiger partial charge < -0.3 is 0 Å². The molecule has 0 spiro atoms. The Morgan fingerprint density at radius 1 is 1.19 bits per heavy atom. The standard InChI is InChI=1S/C13H11N3O2S3/c17-21(18,12-3-1-2-10-13(12)15-20-14-10)16-6-4-11-9(8-16)5-7-19-11/h1-3,5,7H,4,6,8H2. The lowest BCUT2D eigenvalue weighted by Gasteiger charge is -2.26. The highest BCUT2D eigenvalue weighted by Crippen LogP contribution is 2.30. The van der Waals surface area contributed by atoms with Crippen LogP contribution in [-0.4, -0.2) is 28.0 Å². The molecule has 5 nitrogen and oxygen atoms in total. The summed E-state index contributed by atoms with van der Waals surface area (Å²) >= 11 is 2.73. The second kappa shape index (κ2) is 4.84. The van der Waals surface area contributed by atoms with Crippen LogP contribution in [0.25, 0.3) is 11.0 Å². The van der Waals surface area contributed by atoms with Crippen LogP contribution in [0, 0.1) is 0 Å². The highest BCUT2D eigenvalue weighted by atomic mass is 32.2. The van der Waals surface area contributed by atoms with E-state index in [1.165, 1.54) is 9.18 Å². The van der Waals surface area contributed by atoms with Gasteiger partial charge in [-0.3, -0.25) is 0 Å².